The number of rotatable bonds is 4. The average Bonchev–Trinajstić information content (AvgIpc) is 3.04. The summed E-state index contributed by atoms with van der Waals surface area (Å²) < 4.78 is 0. The van der Waals surface area contributed by atoms with Gasteiger partial charge in [0.2, 0.25) is 0 Å². The first kappa shape index (κ1) is 17.2. The van der Waals surface area contributed by atoms with E-state index in [1.807, 2.05) is 37.4 Å². The molecular weight excluding hydrogens is 312 g/mol. The van der Waals surface area contributed by atoms with Crippen LogP contribution in [0.5, 0.6) is 0 Å². The Balaban J connectivity index is 1.92. The van der Waals surface area contributed by atoms with Crippen LogP contribution < -0.4 is 10.6 Å². The Hall–Kier alpha value is -2.18. The number of aryl methyl sites for hydroxylation is 2. The molecule has 122 valence electrons. The van der Waals surface area contributed by atoms with Crippen LogP contribution in [0.25, 0.3) is 0 Å². The van der Waals surface area contributed by atoms with Gasteiger partial charge in [-0.25, -0.2) is 0 Å². The van der Waals surface area contributed by atoms with E-state index >= 15 is 0 Å². The Morgan fingerprint density at radius 3 is 2.52 bits per heavy atom. The first-order valence-corrected chi connectivity index (χ1v) is 8.10. The quantitative estimate of drug-likeness (QED) is 0.752. The average molecular weight is 332 g/mol. The maximum atomic E-state index is 11.9. The van der Waals surface area contributed by atoms with Crippen LogP contribution in [0.2, 0.25) is 0 Å². The number of amides is 2. The van der Waals surface area contributed by atoms with Crippen LogP contribution in [0.3, 0.4) is 0 Å². The summed E-state index contributed by atoms with van der Waals surface area (Å²) in [5.41, 5.74) is 1.51. The fourth-order valence-electron chi connectivity index (χ4n) is 2.01. The summed E-state index contributed by atoms with van der Waals surface area (Å²) in [4.78, 5) is 24.5. The summed E-state index contributed by atoms with van der Waals surface area (Å²) in [6, 6.07) is 9.04. The van der Waals surface area contributed by atoms with Crippen molar-refractivity contribution in [2.45, 2.75) is 26.4 Å². The molecule has 0 radical (unpaired) electrons. The van der Waals surface area contributed by atoms with Crippen LogP contribution in [-0.2, 0) is 15.2 Å². The van der Waals surface area contributed by atoms with Gasteiger partial charge in [-0.1, -0.05) is 12.1 Å². The number of hydrogen-bond donors (Lipinski definition) is 3. The zero-order chi connectivity index (χ0) is 17.0. The third kappa shape index (κ3) is 4.40. The number of anilines is 1. The van der Waals surface area contributed by atoms with Crippen LogP contribution in [0.1, 0.15) is 22.9 Å². The van der Waals surface area contributed by atoms with E-state index in [0.29, 0.717) is 5.69 Å². The number of benzene rings is 1. The van der Waals surface area contributed by atoms with Gasteiger partial charge in [0.1, 0.15) is 5.60 Å². The maximum absolute atomic E-state index is 11.9. The number of thiophene rings is 1. The minimum atomic E-state index is -1.20. The molecule has 0 aliphatic carbocycles. The van der Waals surface area contributed by atoms with Crippen molar-refractivity contribution >= 4 is 28.8 Å². The highest BCUT2D eigenvalue weighted by molar-refractivity contribution is 7.10. The lowest BCUT2D eigenvalue weighted by atomic mass is 10.1. The smallest absolute Gasteiger partial charge is 0.313 e. The Morgan fingerprint density at radius 2 is 1.91 bits per heavy atom. The summed E-state index contributed by atoms with van der Waals surface area (Å²) in [5.74, 6) is -1.53. The van der Waals surface area contributed by atoms with Crippen LogP contribution >= 0.6 is 11.3 Å². The molecule has 2 aromatic rings. The van der Waals surface area contributed by atoms with Gasteiger partial charge < -0.3 is 15.7 Å². The lowest BCUT2D eigenvalue weighted by molar-refractivity contribution is -0.136. The van der Waals surface area contributed by atoms with Crippen molar-refractivity contribution in [3.8, 4) is 0 Å². The Kier molecular flexibility index (Phi) is 5.18. The van der Waals surface area contributed by atoms with E-state index in [9.17, 15) is 14.7 Å². The Bertz CT molecular complexity index is 709. The Morgan fingerprint density at radius 1 is 1.17 bits per heavy atom. The van der Waals surface area contributed by atoms with Crippen molar-refractivity contribution in [1.82, 2.24) is 5.32 Å². The van der Waals surface area contributed by atoms with E-state index in [0.717, 1.165) is 16.0 Å². The second-order valence-corrected chi connectivity index (χ2v) is 6.63. The van der Waals surface area contributed by atoms with Crippen LogP contribution in [0.4, 0.5) is 5.69 Å². The normalized spacial score (nSPS) is 13.2. The monoisotopic (exact) mass is 332 g/mol. The van der Waals surface area contributed by atoms with E-state index in [1.165, 1.54) is 11.3 Å². The highest BCUT2D eigenvalue weighted by Gasteiger charge is 2.26. The van der Waals surface area contributed by atoms with Crippen molar-refractivity contribution < 1.29 is 14.7 Å². The molecule has 0 bridgehead atoms. The van der Waals surface area contributed by atoms with Gasteiger partial charge in [0.25, 0.3) is 0 Å². The summed E-state index contributed by atoms with van der Waals surface area (Å²) in [5, 5.41) is 17.2. The predicted molar refractivity (Wildman–Crippen MR) is 91.4 cm³/mol. The minimum Gasteiger partial charge on any atom is -0.383 e. The molecule has 5 nitrogen and oxygen atoms in total. The van der Waals surface area contributed by atoms with Crippen molar-refractivity contribution in [3.63, 3.8) is 0 Å². The second kappa shape index (κ2) is 6.93. The predicted octanol–water partition coefficient (Wildman–Crippen LogP) is 2.33. The number of carbonyl (C=O) groups is 2. The van der Waals surface area contributed by atoms with Gasteiger partial charge in [0.15, 0.2) is 0 Å². The number of hydrogen-bond acceptors (Lipinski definition) is 4. The van der Waals surface area contributed by atoms with Crippen LogP contribution in [0.15, 0.2) is 35.7 Å². The molecule has 0 spiro atoms. The molecule has 2 rings (SSSR count). The van der Waals surface area contributed by atoms with Crippen molar-refractivity contribution in [2.75, 3.05) is 11.9 Å². The van der Waals surface area contributed by atoms with Gasteiger partial charge in [-0.3, -0.25) is 9.59 Å². The van der Waals surface area contributed by atoms with Crippen molar-refractivity contribution in [1.29, 1.82) is 0 Å². The molecule has 23 heavy (non-hydrogen) atoms. The molecule has 0 aliphatic rings. The molecule has 1 aromatic heterocycles. The van der Waals surface area contributed by atoms with E-state index in [2.05, 4.69) is 10.6 Å². The SMILES string of the molecule is Cc1ccc(NC(=O)C(=O)NC[C@](C)(O)c2cccs2)cc1C. The molecular formula is C17H20N2O3S. The minimum absolute atomic E-state index is 0.0350. The molecule has 2 amide bonds. The molecule has 0 aliphatic heterocycles. The van der Waals surface area contributed by atoms with Gasteiger partial charge in [0, 0.05) is 10.6 Å². The Labute approximate surface area is 139 Å². The molecule has 3 N–H and O–H groups in total. The van der Waals surface area contributed by atoms with Gasteiger partial charge in [-0.2, -0.15) is 0 Å². The lowest BCUT2D eigenvalue weighted by Crippen LogP contribution is -2.42. The summed E-state index contributed by atoms with van der Waals surface area (Å²) >= 11 is 1.39. The topological polar surface area (TPSA) is 78.4 Å². The molecule has 1 atom stereocenters. The largest absolute Gasteiger partial charge is 0.383 e. The fraction of sp³-hybridized carbons (Fsp3) is 0.294. The van der Waals surface area contributed by atoms with Crippen LogP contribution in [-0.4, -0.2) is 23.5 Å². The van der Waals surface area contributed by atoms with E-state index in [4.69, 9.17) is 0 Å². The standard InChI is InChI=1S/C17H20N2O3S/c1-11-6-7-13(9-12(11)2)19-16(21)15(20)18-10-17(3,22)14-5-4-8-23-14/h4-9,22H,10H2,1-3H3,(H,18,20)(H,19,21)/t17-/m0/s1. The van der Waals surface area contributed by atoms with Crippen LogP contribution in [0, 0.1) is 13.8 Å². The van der Waals surface area contributed by atoms with E-state index in [-0.39, 0.29) is 6.54 Å². The van der Waals surface area contributed by atoms with E-state index < -0.39 is 17.4 Å². The second-order valence-electron chi connectivity index (χ2n) is 5.69. The summed E-state index contributed by atoms with van der Waals surface area (Å²) in [7, 11) is 0. The molecule has 0 unspecified atom stereocenters. The van der Waals surface area contributed by atoms with Gasteiger partial charge in [-0.15, -0.1) is 11.3 Å². The highest BCUT2D eigenvalue weighted by Crippen LogP contribution is 2.24. The molecule has 1 heterocycles. The molecule has 0 saturated heterocycles. The van der Waals surface area contributed by atoms with Gasteiger partial charge in [0.05, 0.1) is 6.54 Å². The number of carbonyl (C=O) groups excluding carboxylic acids is 2. The first-order valence-electron chi connectivity index (χ1n) is 7.22. The third-order valence-electron chi connectivity index (χ3n) is 3.62. The summed E-state index contributed by atoms with van der Waals surface area (Å²) in [6.07, 6.45) is 0. The molecule has 0 fully saturated rings. The maximum Gasteiger partial charge on any atom is 0.313 e. The van der Waals surface area contributed by atoms with Crippen molar-refractivity contribution in [2.24, 2.45) is 0 Å². The molecule has 1 aromatic carbocycles. The van der Waals surface area contributed by atoms with E-state index in [1.54, 1.807) is 19.1 Å². The number of aliphatic hydroxyl groups is 1. The zero-order valence-electron chi connectivity index (χ0n) is 13.3. The lowest BCUT2D eigenvalue weighted by Gasteiger charge is -2.22. The zero-order valence-corrected chi connectivity index (χ0v) is 14.2. The molecule has 0 saturated carbocycles. The first-order chi connectivity index (χ1) is 10.8. The van der Waals surface area contributed by atoms with Crippen molar-refractivity contribution in [3.05, 3.63) is 51.7 Å². The van der Waals surface area contributed by atoms with Gasteiger partial charge >= 0.3 is 11.8 Å². The third-order valence-corrected chi connectivity index (χ3v) is 4.74. The highest BCUT2D eigenvalue weighted by atomic mass is 32.1. The molecule has 6 heteroatoms. The van der Waals surface area contributed by atoms with Gasteiger partial charge in [-0.05, 0) is 55.5 Å². The fourth-order valence-corrected chi connectivity index (χ4v) is 2.80. The number of nitrogens with one attached hydrogen (secondary N) is 2. The summed E-state index contributed by atoms with van der Waals surface area (Å²) in [6.45, 7) is 5.47.